The van der Waals surface area contributed by atoms with Crippen molar-refractivity contribution in [3.05, 3.63) is 60.6 Å². The van der Waals surface area contributed by atoms with Crippen LogP contribution in [0.25, 0.3) is 10.9 Å². The van der Waals surface area contributed by atoms with Crippen molar-refractivity contribution in [1.29, 1.82) is 0 Å². The molecule has 3 heteroatoms. The average Bonchev–Trinajstić information content (AvgIpc) is 2.78. The van der Waals surface area contributed by atoms with Crippen molar-refractivity contribution in [3.63, 3.8) is 0 Å². The lowest BCUT2D eigenvalue weighted by molar-refractivity contribution is 0.980. The molecular formula is C14H15N3. The maximum absolute atomic E-state index is 3.69. The van der Waals surface area contributed by atoms with Crippen LogP contribution >= 0.6 is 0 Å². The highest BCUT2D eigenvalue weighted by Crippen LogP contribution is 2.14. The highest BCUT2D eigenvalue weighted by Gasteiger charge is 1.99. The van der Waals surface area contributed by atoms with Crippen molar-refractivity contribution in [2.75, 3.05) is 5.43 Å². The summed E-state index contributed by atoms with van der Waals surface area (Å²) in [4.78, 5) is 3.69. The Morgan fingerprint density at radius 1 is 1.35 bits per heavy atom. The molecular weight excluding hydrogens is 210 g/mol. The number of nitrogens with one attached hydrogen (secondary N) is 1. The van der Waals surface area contributed by atoms with E-state index in [-0.39, 0.29) is 0 Å². The summed E-state index contributed by atoms with van der Waals surface area (Å²) in [5, 5.41) is 1.21. The molecule has 0 radical (unpaired) electrons. The van der Waals surface area contributed by atoms with E-state index in [0.29, 0.717) is 0 Å². The second-order valence-corrected chi connectivity index (χ2v) is 3.60. The van der Waals surface area contributed by atoms with Crippen LogP contribution in [-0.2, 0) is 0 Å². The predicted molar refractivity (Wildman–Crippen MR) is 73.7 cm³/mol. The van der Waals surface area contributed by atoms with Gasteiger partial charge in [0, 0.05) is 17.8 Å². The molecule has 0 saturated heterocycles. The molecule has 0 aliphatic heterocycles. The molecule has 0 aliphatic carbocycles. The quantitative estimate of drug-likeness (QED) is 0.627. The molecule has 1 aromatic heterocycles. The second-order valence-electron chi connectivity index (χ2n) is 3.60. The molecule has 0 bridgehead atoms. The Morgan fingerprint density at radius 2 is 2.18 bits per heavy atom. The van der Waals surface area contributed by atoms with Crippen molar-refractivity contribution in [3.8, 4) is 0 Å². The smallest absolute Gasteiger partial charge is 0.0696 e. The van der Waals surface area contributed by atoms with Crippen LogP contribution in [0.1, 0.15) is 6.92 Å². The number of rotatable bonds is 4. The molecule has 0 saturated carbocycles. The van der Waals surface area contributed by atoms with E-state index >= 15 is 0 Å². The number of hydrogen-bond acceptors (Lipinski definition) is 2. The van der Waals surface area contributed by atoms with Gasteiger partial charge in [-0.25, -0.2) is 0 Å². The third-order valence-electron chi connectivity index (χ3n) is 2.52. The van der Waals surface area contributed by atoms with Crippen LogP contribution in [0.5, 0.6) is 0 Å². The minimum atomic E-state index is 0.971. The molecule has 0 amide bonds. The lowest BCUT2D eigenvalue weighted by atomic mass is 10.3. The normalized spacial score (nSPS) is 12.2. The summed E-state index contributed by atoms with van der Waals surface area (Å²) < 4.78 is 1.98. The van der Waals surface area contributed by atoms with Crippen LogP contribution in [0.3, 0.4) is 0 Å². The number of nitrogens with zero attached hydrogens (tertiary/aromatic N) is 2. The zero-order valence-electron chi connectivity index (χ0n) is 9.80. The molecule has 0 aliphatic rings. The maximum Gasteiger partial charge on any atom is 0.0696 e. The van der Waals surface area contributed by atoms with Crippen molar-refractivity contribution in [2.45, 2.75) is 6.92 Å². The number of allylic oxidation sites excluding steroid dienone is 2. The Morgan fingerprint density at radius 3 is 2.94 bits per heavy atom. The van der Waals surface area contributed by atoms with E-state index in [1.54, 1.807) is 6.20 Å². The van der Waals surface area contributed by atoms with Crippen LogP contribution in [-0.4, -0.2) is 11.4 Å². The molecule has 17 heavy (non-hydrogen) atoms. The van der Waals surface area contributed by atoms with E-state index in [1.807, 2.05) is 42.1 Å². The van der Waals surface area contributed by atoms with E-state index in [9.17, 15) is 0 Å². The Bertz CT molecular complexity index is 576. The number of fused-ring (bicyclic) bond motifs is 1. The topological polar surface area (TPSA) is 29.3 Å². The number of aromatic nitrogens is 1. The summed E-state index contributed by atoms with van der Waals surface area (Å²) in [5.74, 6) is 0. The predicted octanol–water partition coefficient (Wildman–Crippen LogP) is 3.30. The highest BCUT2D eigenvalue weighted by molar-refractivity contribution is 5.80. The molecule has 0 spiro atoms. The number of aliphatic imine (C=N–C) groups is 1. The van der Waals surface area contributed by atoms with Gasteiger partial charge >= 0.3 is 0 Å². The van der Waals surface area contributed by atoms with E-state index < -0.39 is 0 Å². The average molecular weight is 225 g/mol. The number of para-hydroxylation sites is 1. The molecule has 2 aromatic rings. The third kappa shape index (κ3) is 2.45. The highest BCUT2D eigenvalue weighted by atomic mass is 15.4. The van der Waals surface area contributed by atoms with Gasteiger partial charge in [-0.15, -0.1) is 0 Å². The van der Waals surface area contributed by atoms with Crippen LogP contribution in [0.15, 0.2) is 65.6 Å². The Balaban J connectivity index is 2.29. The van der Waals surface area contributed by atoms with Gasteiger partial charge in [0.25, 0.3) is 0 Å². The van der Waals surface area contributed by atoms with Gasteiger partial charge in [-0.1, -0.05) is 24.3 Å². The minimum absolute atomic E-state index is 0.971. The first kappa shape index (κ1) is 11.2. The van der Waals surface area contributed by atoms with Crippen LogP contribution in [0.4, 0.5) is 0 Å². The molecule has 1 aromatic carbocycles. The second kappa shape index (κ2) is 5.16. The van der Waals surface area contributed by atoms with Gasteiger partial charge in [0.1, 0.15) is 0 Å². The summed E-state index contributed by atoms with van der Waals surface area (Å²) in [6.07, 6.45) is 7.52. The fourth-order valence-electron chi connectivity index (χ4n) is 1.65. The van der Waals surface area contributed by atoms with Gasteiger partial charge in [-0.05, 0) is 31.9 Å². The zero-order valence-corrected chi connectivity index (χ0v) is 9.80. The maximum atomic E-state index is 3.69. The lowest BCUT2D eigenvalue weighted by Gasteiger charge is -2.09. The Kier molecular flexibility index (Phi) is 3.40. The largest absolute Gasteiger partial charge is 0.295 e. The van der Waals surface area contributed by atoms with E-state index in [1.165, 1.54) is 5.39 Å². The SMILES string of the molecule is C=N/C=C\C(=C/C)Nn1ccc2ccccc21. The first-order valence-corrected chi connectivity index (χ1v) is 5.47. The lowest BCUT2D eigenvalue weighted by Crippen LogP contribution is -2.11. The summed E-state index contributed by atoms with van der Waals surface area (Å²) >= 11 is 0. The Hall–Kier alpha value is -2.29. The zero-order chi connectivity index (χ0) is 12.1. The van der Waals surface area contributed by atoms with Gasteiger partial charge in [0.05, 0.1) is 11.2 Å². The first-order valence-electron chi connectivity index (χ1n) is 5.47. The summed E-state index contributed by atoms with van der Waals surface area (Å²) in [6, 6.07) is 10.3. The fraction of sp³-hybridized carbons (Fsp3) is 0.0714. The summed E-state index contributed by atoms with van der Waals surface area (Å²) in [6.45, 7) is 5.39. The molecule has 2 rings (SSSR count). The monoisotopic (exact) mass is 225 g/mol. The van der Waals surface area contributed by atoms with Crippen LogP contribution in [0, 0.1) is 0 Å². The molecule has 86 valence electrons. The minimum Gasteiger partial charge on any atom is -0.295 e. The van der Waals surface area contributed by atoms with Gasteiger partial charge < -0.3 is 0 Å². The summed E-state index contributed by atoms with van der Waals surface area (Å²) in [5.41, 5.74) is 5.41. The van der Waals surface area contributed by atoms with Crippen LogP contribution in [0.2, 0.25) is 0 Å². The van der Waals surface area contributed by atoms with Crippen molar-refractivity contribution >= 4 is 17.6 Å². The van der Waals surface area contributed by atoms with Gasteiger partial charge in [0.2, 0.25) is 0 Å². The summed E-state index contributed by atoms with van der Waals surface area (Å²) in [7, 11) is 0. The van der Waals surface area contributed by atoms with Crippen molar-refractivity contribution in [1.82, 2.24) is 4.68 Å². The molecule has 1 N–H and O–H groups in total. The number of benzene rings is 1. The third-order valence-corrected chi connectivity index (χ3v) is 2.52. The molecule has 0 unspecified atom stereocenters. The Labute approximate surface area is 101 Å². The van der Waals surface area contributed by atoms with Crippen LogP contribution < -0.4 is 5.43 Å². The number of hydrogen-bond donors (Lipinski definition) is 1. The first-order chi connectivity index (χ1) is 8.35. The van der Waals surface area contributed by atoms with Gasteiger partial charge in [-0.2, -0.15) is 0 Å². The van der Waals surface area contributed by atoms with Gasteiger partial charge in [0.15, 0.2) is 0 Å². The molecule has 0 atom stereocenters. The van der Waals surface area contributed by atoms with Crippen molar-refractivity contribution < 1.29 is 0 Å². The van der Waals surface area contributed by atoms with E-state index in [0.717, 1.165) is 11.2 Å². The molecule has 0 fully saturated rings. The van der Waals surface area contributed by atoms with Crippen molar-refractivity contribution in [2.24, 2.45) is 4.99 Å². The van der Waals surface area contributed by atoms with E-state index in [4.69, 9.17) is 0 Å². The standard InChI is InChI=1S/C14H15N3/c1-3-13(8-10-15-2)16-17-11-9-12-6-4-5-7-14(12)17/h3-11,16H,2H2,1H3/b10-8-,13-3+. The fourth-order valence-corrected chi connectivity index (χ4v) is 1.65. The van der Waals surface area contributed by atoms with E-state index in [2.05, 4.69) is 35.3 Å². The molecule has 3 nitrogen and oxygen atoms in total. The van der Waals surface area contributed by atoms with Gasteiger partial charge in [-0.3, -0.25) is 15.1 Å². The molecule has 1 heterocycles.